The number of hydrogen-bond acceptors (Lipinski definition) is 4. The molecule has 0 radical (unpaired) electrons. The molecule has 0 aromatic carbocycles. The van der Waals surface area contributed by atoms with Crippen molar-refractivity contribution in [2.75, 3.05) is 13.1 Å². The second kappa shape index (κ2) is 4.54. The van der Waals surface area contributed by atoms with Crippen LogP contribution in [0.1, 0.15) is 5.56 Å². The fourth-order valence-corrected chi connectivity index (χ4v) is 1.74. The highest BCUT2D eigenvalue weighted by Gasteiger charge is 2.33. The fourth-order valence-electron chi connectivity index (χ4n) is 1.62. The van der Waals surface area contributed by atoms with E-state index in [0.29, 0.717) is 18.2 Å². The zero-order valence-corrected chi connectivity index (χ0v) is 9.59. The Morgan fingerprint density at radius 3 is 2.82 bits per heavy atom. The van der Waals surface area contributed by atoms with Crippen molar-refractivity contribution in [3.63, 3.8) is 0 Å². The second-order valence-corrected chi connectivity index (χ2v) is 3.98. The molecule has 0 spiro atoms. The highest BCUT2D eigenvalue weighted by Crippen LogP contribution is 2.13. The minimum absolute atomic E-state index is 0.0926. The number of guanidine groups is 1. The first-order valence-electron chi connectivity index (χ1n) is 4.93. The van der Waals surface area contributed by atoms with Crippen LogP contribution in [0, 0.1) is 15.5 Å². The van der Waals surface area contributed by atoms with Crippen LogP contribution >= 0.6 is 11.6 Å². The molecule has 17 heavy (non-hydrogen) atoms. The summed E-state index contributed by atoms with van der Waals surface area (Å²) in [5.41, 5.74) is 0.865. The highest BCUT2D eigenvalue weighted by molar-refractivity contribution is 6.29. The molecule has 1 fully saturated rings. The lowest BCUT2D eigenvalue weighted by molar-refractivity contribution is -0.627. The standard InChI is InChI=1S/C9H10ClN5O2/c10-8-2-1-7(5-12-8)6-13-3-4-14(9(13)11)15(16)17/h1-2,5,11H,3-4,6H2. The van der Waals surface area contributed by atoms with Gasteiger partial charge in [0.05, 0.1) is 0 Å². The molecule has 0 unspecified atom stereocenters. The molecule has 1 aromatic rings. The molecule has 1 N–H and O–H groups in total. The van der Waals surface area contributed by atoms with Gasteiger partial charge in [-0.2, -0.15) is 0 Å². The third kappa shape index (κ3) is 2.44. The summed E-state index contributed by atoms with van der Waals surface area (Å²) in [6.45, 7) is 1.11. The second-order valence-electron chi connectivity index (χ2n) is 3.60. The van der Waals surface area contributed by atoms with Crippen molar-refractivity contribution in [3.05, 3.63) is 39.2 Å². The Morgan fingerprint density at radius 2 is 2.29 bits per heavy atom. The molecule has 7 nitrogen and oxygen atoms in total. The van der Waals surface area contributed by atoms with Crippen LogP contribution in [-0.2, 0) is 6.54 Å². The minimum atomic E-state index is -0.567. The van der Waals surface area contributed by atoms with E-state index in [9.17, 15) is 10.1 Å². The molecular formula is C9H10ClN5O2. The molecule has 0 atom stereocenters. The number of hydrogen-bond donors (Lipinski definition) is 1. The van der Waals surface area contributed by atoms with Gasteiger partial charge in [0.15, 0.2) is 5.03 Å². The molecular weight excluding hydrogens is 246 g/mol. The van der Waals surface area contributed by atoms with Gasteiger partial charge in [0.25, 0.3) is 5.96 Å². The minimum Gasteiger partial charge on any atom is -0.332 e. The largest absolute Gasteiger partial charge is 0.332 e. The number of halogens is 1. The summed E-state index contributed by atoms with van der Waals surface area (Å²) in [6, 6.07) is 3.44. The lowest BCUT2D eigenvalue weighted by Gasteiger charge is -2.16. The summed E-state index contributed by atoms with van der Waals surface area (Å²) >= 11 is 5.66. The zero-order valence-electron chi connectivity index (χ0n) is 8.84. The number of hydrazine groups is 1. The van der Waals surface area contributed by atoms with E-state index in [0.717, 1.165) is 10.6 Å². The van der Waals surface area contributed by atoms with Crippen molar-refractivity contribution in [2.45, 2.75) is 6.54 Å². The zero-order chi connectivity index (χ0) is 12.4. The quantitative estimate of drug-likeness (QED) is 0.494. The maximum Gasteiger partial charge on any atom is 0.257 e. The van der Waals surface area contributed by atoms with Crippen LogP contribution in [0.3, 0.4) is 0 Å². The first-order valence-corrected chi connectivity index (χ1v) is 5.31. The predicted molar refractivity (Wildman–Crippen MR) is 61.1 cm³/mol. The van der Waals surface area contributed by atoms with Crippen molar-refractivity contribution in [1.29, 1.82) is 5.41 Å². The van der Waals surface area contributed by atoms with Crippen LogP contribution < -0.4 is 0 Å². The van der Waals surface area contributed by atoms with Crippen LogP contribution in [0.2, 0.25) is 5.15 Å². The van der Waals surface area contributed by atoms with E-state index in [1.807, 2.05) is 0 Å². The number of aromatic nitrogens is 1. The van der Waals surface area contributed by atoms with Gasteiger partial charge in [0, 0.05) is 19.3 Å². The van der Waals surface area contributed by atoms with Crippen LogP contribution in [-0.4, -0.2) is 39.0 Å². The summed E-state index contributed by atoms with van der Waals surface area (Å²) in [6.07, 6.45) is 1.60. The van der Waals surface area contributed by atoms with Gasteiger partial charge >= 0.3 is 0 Å². The van der Waals surface area contributed by atoms with Gasteiger partial charge in [-0.05, 0) is 11.6 Å². The van der Waals surface area contributed by atoms with E-state index in [2.05, 4.69) is 4.98 Å². The number of nitrogens with zero attached hydrogens (tertiary/aromatic N) is 4. The summed E-state index contributed by atoms with van der Waals surface area (Å²) < 4.78 is 0. The molecule has 2 heterocycles. The van der Waals surface area contributed by atoms with Crippen LogP contribution in [0.25, 0.3) is 0 Å². The third-order valence-corrected chi connectivity index (χ3v) is 2.71. The van der Waals surface area contributed by atoms with Crippen molar-refractivity contribution in [3.8, 4) is 0 Å². The Labute approximate surface area is 102 Å². The first-order chi connectivity index (χ1) is 8.08. The molecule has 0 saturated carbocycles. The fraction of sp³-hybridized carbons (Fsp3) is 0.333. The topological polar surface area (TPSA) is 86.4 Å². The number of rotatable bonds is 3. The van der Waals surface area contributed by atoms with Crippen molar-refractivity contribution < 1.29 is 5.03 Å². The highest BCUT2D eigenvalue weighted by atomic mass is 35.5. The van der Waals surface area contributed by atoms with Gasteiger partial charge in [0.1, 0.15) is 11.7 Å². The molecule has 1 saturated heterocycles. The molecule has 90 valence electrons. The van der Waals surface area contributed by atoms with E-state index < -0.39 is 5.03 Å². The molecule has 2 rings (SSSR count). The van der Waals surface area contributed by atoms with E-state index >= 15 is 0 Å². The Morgan fingerprint density at radius 1 is 1.53 bits per heavy atom. The third-order valence-electron chi connectivity index (χ3n) is 2.48. The molecule has 0 amide bonds. The van der Waals surface area contributed by atoms with E-state index in [4.69, 9.17) is 17.0 Å². The van der Waals surface area contributed by atoms with Gasteiger partial charge in [-0.1, -0.05) is 22.7 Å². The summed E-state index contributed by atoms with van der Waals surface area (Å²) in [5.74, 6) is -0.0926. The molecule has 1 aliphatic rings. The van der Waals surface area contributed by atoms with Crippen LogP contribution in [0.4, 0.5) is 0 Å². The SMILES string of the molecule is N=C1N(Cc2ccc(Cl)nc2)CCN1[N+](=O)[O-]. The summed E-state index contributed by atoms with van der Waals surface area (Å²) in [5, 5.41) is 18.9. The van der Waals surface area contributed by atoms with Gasteiger partial charge in [0.2, 0.25) is 0 Å². The molecule has 8 heteroatoms. The average molecular weight is 256 g/mol. The lowest BCUT2D eigenvalue weighted by atomic mass is 10.3. The van der Waals surface area contributed by atoms with E-state index in [1.54, 1.807) is 23.2 Å². The number of nitrogens with one attached hydrogen (secondary N) is 1. The molecule has 0 bridgehead atoms. The summed E-state index contributed by atoms with van der Waals surface area (Å²) in [4.78, 5) is 16.1. The van der Waals surface area contributed by atoms with Gasteiger partial charge in [-0.15, -0.1) is 0 Å². The Balaban J connectivity index is 2.03. The monoisotopic (exact) mass is 255 g/mol. The van der Waals surface area contributed by atoms with Crippen molar-refractivity contribution >= 4 is 17.6 Å². The van der Waals surface area contributed by atoms with E-state index in [1.165, 1.54) is 0 Å². The van der Waals surface area contributed by atoms with Gasteiger partial charge in [-0.3, -0.25) is 5.41 Å². The smallest absolute Gasteiger partial charge is 0.257 e. The molecule has 1 aromatic heterocycles. The maximum absolute atomic E-state index is 10.6. The van der Waals surface area contributed by atoms with Crippen molar-refractivity contribution in [2.24, 2.45) is 0 Å². The normalized spacial score (nSPS) is 15.5. The average Bonchev–Trinajstić information content (AvgIpc) is 2.64. The number of pyridine rings is 1. The Hall–Kier alpha value is -1.89. The predicted octanol–water partition coefficient (Wildman–Crippen LogP) is 0.979. The summed E-state index contributed by atoms with van der Waals surface area (Å²) in [7, 11) is 0. The van der Waals surface area contributed by atoms with Crippen LogP contribution in [0.15, 0.2) is 18.3 Å². The maximum atomic E-state index is 10.6. The van der Waals surface area contributed by atoms with Crippen molar-refractivity contribution in [1.82, 2.24) is 14.9 Å². The molecule has 0 aliphatic carbocycles. The van der Waals surface area contributed by atoms with Gasteiger partial charge in [-0.25, -0.2) is 15.1 Å². The van der Waals surface area contributed by atoms with E-state index in [-0.39, 0.29) is 12.5 Å². The van der Waals surface area contributed by atoms with Gasteiger partial charge < -0.3 is 4.90 Å². The number of nitro groups is 1. The first kappa shape index (κ1) is 11.6. The van der Waals surface area contributed by atoms with Crippen LogP contribution in [0.5, 0.6) is 0 Å². The Bertz CT molecular complexity index is 449. The Kier molecular flexibility index (Phi) is 3.10. The lowest BCUT2D eigenvalue weighted by Crippen LogP contribution is -2.36. The molecule has 1 aliphatic heterocycles.